The van der Waals surface area contributed by atoms with Gasteiger partial charge in [-0.2, -0.15) is 0 Å². The van der Waals surface area contributed by atoms with Gasteiger partial charge in [-0.15, -0.1) is 11.3 Å². The minimum atomic E-state index is 0.0135. The highest BCUT2D eigenvalue weighted by molar-refractivity contribution is 7.09. The lowest BCUT2D eigenvalue weighted by Gasteiger charge is -2.16. The molecule has 1 amide bonds. The molecule has 0 atom stereocenters. The van der Waals surface area contributed by atoms with Crippen molar-refractivity contribution in [3.63, 3.8) is 0 Å². The fourth-order valence-electron chi connectivity index (χ4n) is 2.77. The Balaban J connectivity index is 1.61. The van der Waals surface area contributed by atoms with E-state index in [1.54, 1.807) is 11.3 Å². The van der Waals surface area contributed by atoms with Gasteiger partial charge in [0, 0.05) is 17.1 Å². The number of nitrogens with zero attached hydrogens (tertiary/aromatic N) is 1. The normalized spacial score (nSPS) is 10.8. The third-order valence-electron chi connectivity index (χ3n) is 3.95. The van der Waals surface area contributed by atoms with E-state index in [0.29, 0.717) is 6.54 Å². The third-order valence-corrected chi connectivity index (χ3v) is 4.81. The summed E-state index contributed by atoms with van der Waals surface area (Å²) in [6.45, 7) is 1.16. The molecule has 0 aliphatic carbocycles. The first-order chi connectivity index (χ1) is 12.2. The number of hydrogen-bond acceptors (Lipinski definition) is 3. The second kappa shape index (κ2) is 8.60. The van der Waals surface area contributed by atoms with E-state index in [-0.39, 0.29) is 5.91 Å². The summed E-state index contributed by atoms with van der Waals surface area (Å²) in [6, 6.07) is 22.4. The zero-order valence-corrected chi connectivity index (χ0v) is 15.1. The van der Waals surface area contributed by atoms with Crippen molar-refractivity contribution in [2.75, 3.05) is 18.9 Å². The van der Waals surface area contributed by atoms with Crippen LogP contribution in [0.4, 0.5) is 5.69 Å². The molecule has 128 valence electrons. The standard InChI is InChI=1S/C21H22N2OS/c1-23(15-19-11-7-13-25-19)16-21(24)22-20-12-6-5-10-18(20)14-17-8-3-2-4-9-17/h2-13H,14-16H2,1H3,(H,22,24). The van der Waals surface area contributed by atoms with Gasteiger partial charge >= 0.3 is 0 Å². The SMILES string of the molecule is CN(CC(=O)Nc1ccccc1Cc1ccccc1)Cc1cccs1. The van der Waals surface area contributed by atoms with Crippen LogP contribution in [-0.2, 0) is 17.8 Å². The van der Waals surface area contributed by atoms with Crippen LogP contribution in [0.15, 0.2) is 72.1 Å². The Labute approximate surface area is 152 Å². The molecular formula is C21H22N2OS. The first-order valence-corrected chi connectivity index (χ1v) is 9.21. The van der Waals surface area contributed by atoms with E-state index in [1.807, 2.05) is 54.4 Å². The Morgan fingerprint density at radius 2 is 1.76 bits per heavy atom. The predicted molar refractivity (Wildman–Crippen MR) is 105 cm³/mol. The molecule has 3 aromatic rings. The van der Waals surface area contributed by atoms with E-state index in [2.05, 4.69) is 35.0 Å². The van der Waals surface area contributed by atoms with Gasteiger partial charge in [0.25, 0.3) is 0 Å². The molecule has 0 aliphatic rings. The van der Waals surface area contributed by atoms with Gasteiger partial charge in [-0.1, -0.05) is 54.6 Å². The summed E-state index contributed by atoms with van der Waals surface area (Å²) in [4.78, 5) is 15.7. The second-order valence-electron chi connectivity index (χ2n) is 6.12. The van der Waals surface area contributed by atoms with Gasteiger partial charge in [-0.25, -0.2) is 0 Å². The molecular weight excluding hydrogens is 328 g/mol. The smallest absolute Gasteiger partial charge is 0.238 e. The summed E-state index contributed by atoms with van der Waals surface area (Å²) in [5.74, 6) is 0.0135. The van der Waals surface area contributed by atoms with Gasteiger partial charge < -0.3 is 5.32 Å². The van der Waals surface area contributed by atoms with Gasteiger partial charge in [0.2, 0.25) is 5.91 Å². The zero-order chi connectivity index (χ0) is 17.5. The van der Waals surface area contributed by atoms with Crippen LogP contribution in [0, 0.1) is 0 Å². The van der Waals surface area contributed by atoms with Crippen molar-refractivity contribution in [3.8, 4) is 0 Å². The zero-order valence-electron chi connectivity index (χ0n) is 14.3. The number of nitrogens with one attached hydrogen (secondary N) is 1. The van der Waals surface area contributed by atoms with Gasteiger partial charge in [-0.3, -0.25) is 9.69 Å². The number of rotatable bonds is 7. The molecule has 1 N–H and O–H groups in total. The lowest BCUT2D eigenvalue weighted by Crippen LogP contribution is -2.29. The van der Waals surface area contributed by atoms with Crippen molar-refractivity contribution in [2.45, 2.75) is 13.0 Å². The molecule has 0 saturated carbocycles. The van der Waals surface area contributed by atoms with E-state index in [0.717, 1.165) is 24.2 Å². The monoisotopic (exact) mass is 350 g/mol. The highest BCUT2D eigenvalue weighted by Gasteiger charge is 2.10. The van der Waals surface area contributed by atoms with E-state index >= 15 is 0 Å². The number of likely N-dealkylation sites (N-methyl/N-ethyl adjacent to an activating group) is 1. The number of thiophene rings is 1. The third kappa shape index (κ3) is 5.28. The van der Waals surface area contributed by atoms with E-state index in [1.165, 1.54) is 10.4 Å². The quantitative estimate of drug-likeness (QED) is 0.684. The average Bonchev–Trinajstić information content (AvgIpc) is 3.10. The highest BCUT2D eigenvalue weighted by atomic mass is 32.1. The number of benzene rings is 2. The van der Waals surface area contributed by atoms with Gasteiger partial charge in [-0.05, 0) is 42.1 Å². The van der Waals surface area contributed by atoms with E-state index in [4.69, 9.17) is 0 Å². The molecule has 0 fully saturated rings. The molecule has 0 unspecified atom stereocenters. The minimum absolute atomic E-state index is 0.0135. The molecule has 1 heterocycles. The van der Waals surface area contributed by atoms with Crippen LogP contribution in [0.2, 0.25) is 0 Å². The Kier molecular flexibility index (Phi) is 5.99. The minimum Gasteiger partial charge on any atom is -0.325 e. The molecule has 25 heavy (non-hydrogen) atoms. The van der Waals surface area contributed by atoms with Crippen molar-refractivity contribution >= 4 is 22.9 Å². The average molecular weight is 350 g/mol. The first-order valence-electron chi connectivity index (χ1n) is 8.33. The fraction of sp³-hybridized carbons (Fsp3) is 0.190. The van der Waals surface area contributed by atoms with Crippen LogP contribution in [-0.4, -0.2) is 24.4 Å². The van der Waals surface area contributed by atoms with Gasteiger partial charge in [0.05, 0.1) is 6.54 Å². The number of carbonyl (C=O) groups is 1. The highest BCUT2D eigenvalue weighted by Crippen LogP contribution is 2.19. The van der Waals surface area contributed by atoms with Gasteiger partial charge in [0.15, 0.2) is 0 Å². The predicted octanol–water partition coefficient (Wildman–Crippen LogP) is 4.41. The number of amides is 1. The maximum atomic E-state index is 12.4. The Bertz CT molecular complexity index is 800. The van der Waals surface area contributed by atoms with Crippen molar-refractivity contribution in [3.05, 3.63) is 88.1 Å². The molecule has 4 heteroatoms. The fourth-order valence-corrected chi connectivity index (χ4v) is 3.56. The molecule has 0 saturated heterocycles. The molecule has 0 radical (unpaired) electrons. The van der Waals surface area contributed by atoms with Crippen LogP contribution < -0.4 is 5.32 Å². The van der Waals surface area contributed by atoms with Crippen molar-refractivity contribution in [2.24, 2.45) is 0 Å². The number of hydrogen-bond donors (Lipinski definition) is 1. The van der Waals surface area contributed by atoms with Crippen molar-refractivity contribution in [1.82, 2.24) is 4.90 Å². The topological polar surface area (TPSA) is 32.3 Å². The summed E-state index contributed by atoms with van der Waals surface area (Å²) in [6.07, 6.45) is 0.808. The Morgan fingerprint density at radius 3 is 2.52 bits per heavy atom. The molecule has 1 aromatic heterocycles. The first kappa shape index (κ1) is 17.4. The summed E-state index contributed by atoms with van der Waals surface area (Å²) < 4.78 is 0. The molecule has 0 bridgehead atoms. The maximum absolute atomic E-state index is 12.4. The van der Waals surface area contributed by atoms with Crippen LogP contribution in [0.3, 0.4) is 0 Å². The largest absolute Gasteiger partial charge is 0.325 e. The number of carbonyl (C=O) groups excluding carboxylic acids is 1. The van der Waals surface area contributed by atoms with E-state index < -0.39 is 0 Å². The lowest BCUT2D eigenvalue weighted by atomic mass is 10.0. The lowest BCUT2D eigenvalue weighted by molar-refractivity contribution is -0.117. The molecule has 0 spiro atoms. The molecule has 0 aliphatic heterocycles. The molecule has 2 aromatic carbocycles. The van der Waals surface area contributed by atoms with Crippen LogP contribution in [0.1, 0.15) is 16.0 Å². The van der Waals surface area contributed by atoms with Crippen LogP contribution in [0.5, 0.6) is 0 Å². The number of anilines is 1. The Morgan fingerprint density at radius 1 is 1.00 bits per heavy atom. The molecule has 3 rings (SSSR count). The second-order valence-corrected chi connectivity index (χ2v) is 7.15. The van der Waals surface area contributed by atoms with Gasteiger partial charge in [0.1, 0.15) is 0 Å². The van der Waals surface area contributed by atoms with E-state index in [9.17, 15) is 4.79 Å². The summed E-state index contributed by atoms with van der Waals surface area (Å²) in [7, 11) is 1.97. The summed E-state index contributed by atoms with van der Waals surface area (Å²) in [5, 5.41) is 5.12. The maximum Gasteiger partial charge on any atom is 0.238 e. The molecule has 3 nitrogen and oxygen atoms in total. The van der Waals surface area contributed by atoms with Crippen LogP contribution in [0.25, 0.3) is 0 Å². The van der Waals surface area contributed by atoms with Crippen LogP contribution >= 0.6 is 11.3 Å². The number of para-hydroxylation sites is 1. The van der Waals surface area contributed by atoms with Crippen molar-refractivity contribution in [1.29, 1.82) is 0 Å². The summed E-state index contributed by atoms with van der Waals surface area (Å²) >= 11 is 1.71. The summed E-state index contributed by atoms with van der Waals surface area (Å²) in [5.41, 5.74) is 3.25. The van der Waals surface area contributed by atoms with Crippen molar-refractivity contribution < 1.29 is 4.79 Å². The Hall–Kier alpha value is -2.43.